The highest BCUT2D eigenvalue weighted by molar-refractivity contribution is 5.94. The van der Waals surface area contributed by atoms with Crippen LogP contribution in [-0.2, 0) is 11.3 Å². The van der Waals surface area contributed by atoms with E-state index in [2.05, 4.69) is 24.5 Å². The average Bonchev–Trinajstić information content (AvgIpc) is 2.65. The van der Waals surface area contributed by atoms with Crippen LogP contribution in [0, 0.1) is 6.92 Å². The lowest BCUT2D eigenvalue weighted by atomic mass is 10.0. The van der Waals surface area contributed by atoms with Gasteiger partial charge in [-0.3, -0.25) is 4.79 Å². The number of anilines is 1. The first-order valence-electron chi connectivity index (χ1n) is 8.92. The summed E-state index contributed by atoms with van der Waals surface area (Å²) in [5, 5.41) is 3.07. The van der Waals surface area contributed by atoms with E-state index in [1.165, 1.54) is 11.1 Å². The summed E-state index contributed by atoms with van der Waals surface area (Å²) in [6, 6.07) is 27.9. The van der Waals surface area contributed by atoms with Crippen molar-refractivity contribution in [1.29, 1.82) is 0 Å². The molecule has 26 heavy (non-hydrogen) atoms. The molecule has 2 N–H and O–H groups in total. The molecule has 3 aromatic carbocycles. The minimum Gasteiger partial charge on any atom is -0.321 e. The smallest absolute Gasteiger partial charge is 0.287 e. The molecule has 1 unspecified atom stereocenters. The molecule has 0 saturated heterocycles. The van der Waals surface area contributed by atoms with E-state index < -0.39 is 0 Å². The van der Waals surface area contributed by atoms with Gasteiger partial charge in [-0.05, 0) is 19.1 Å². The number of aryl methyl sites for hydroxylation is 1. The zero-order valence-electron chi connectivity index (χ0n) is 15.3. The Bertz CT molecular complexity index is 829. The molecule has 3 aromatic rings. The fourth-order valence-corrected chi connectivity index (χ4v) is 3.18. The van der Waals surface area contributed by atoms with E-state index in [9.17, 15) is 4.79 Å². The van der Waals surface area contributed by atoms with Gasteiger partial charge in [0.05, 0.1) is 7.05 Å². The monoisotopic (exact) mass is 345 g/mol. The van der Waals surface area contributed by atoms with Crippen molar-refractivity contribution in [3.63, 3.8) is 0 Å². The highest BCUT2D eigenvalue weighted by atomic mass is 16.2. The maximum atomic E-state index is 13.1. The summed E-state index contributed by atoms with van der Waals surface area (Å²) in [5.74, 6) is 0.00786. The Balaban J connectivity index is 1.83. The summed E-state index contributed by atoms with van der Waals surface area (Å²) in [7, 11) is 2.07. The summed E-state index contributed by atoms with van der Waals surface area (Å²) < 4.78 is 0. The number of quaternary nitrogens is 1. The highest BCUT2D eigenvalue weighted by Crippen LogP contribution is 2.15. The summed E-state index contributed by atoms with van der Waals surface area (Å²) in [4.78, 5) is 14.2. The summed E-state index contributed by atoms with van der Waals surface area (Å²) in [6.45, 7) is 2.82. The molecule has 2 atom stereocenters. The fraction of sp³-hybridized carbons (Fsp3) is 0.174. The molecule has 0 aromatic heterocycles. The molecule has 0 spiro atoms. The SMILES string of the molecule is Cc1ccc(NC(=O)[C@H](c2ccccc2)[NH+](C)Cc2ccccc2)cc1. The number of likely N-dealkylation sites (N-methyl/N-ethyl adjacent to an activating group) is 1. The Morgan fingerprint density at radius 2 is 1.46 bits per heavy atom. The van der Waals surface area contributed by atoms with Gasteiger partial charge in [0.15, 0.2) is 6.04 Å². The van der Waals surface area contributed by atoms with E-state index in [1.54, 1.807) is 0 Å². The average molecular weight is 345 g/mol. The van der Waals surface area contributed by atoms with Gasteiger partial charge >= 0.3 is 0 Å². The van der Waals surface area contributed by atoms with Gasteiger partial charge < -0.3 is 10.2 Å². The fourth-order valence-electron chi connectivity index (χ4n) is 3.18. The summed E-state index contributed by atoms with van der Waals surface area (Å²) in [6.07, 6.45) is 0. The van der Waals surface area contributed by atoms with Gasteiger partial charge in [-0.25, -0.2) is 0 Å². The zero-order valence-corrected chi connectivity index (χ0v) is 15.3. The number of carbonyl (C=O) groups excluding carboxylic acids is 1. The summed E-state index contributed by atoms with van der Waals surface area (Å²) in [5.41, 5.74) is 4.24. The Hall–Kier alpha value is -2.91. The van der Waals surface area contributed by atoms with Gasteiger partial charge in [0.2, 0.25) is 0 Å². The lowest BCUT2D eigenvalue weighted by Gasteiger charge is -2.25. The molecule has 3 rings (SSSR count). The molecule has 0 heterocycles. The lowest BCUT2D eigenvalue weighted by molar-refractivity contribution is -0.915. The second-order valence-electron chi connectivity index (χ2n) is 6.71. The summed E-state index contributed by atoms with van der Waals surface area (Å²) >= 11 is 0. The van der Waals surface area contributed by atoms with Gasteiger partial charge in [-0.2, -0.15) is 0 Å². The van der Waals surface area contributed by atoms with Crippen molar-refractivity contribution in [3.8, 4) is 0 Å². The number of rotatable bonds is 6. The van der Waals surface area contributed by atoms with Crippen LogP contribution in [0.5, 0.6) is 0 Å². The third kappa shape index (κ3) is 4.58. The van der Waals surface area contributed by atoms with Crippen molar-refractivity contribution in [1.82, 2.24) is 0 Å². The molecular formula is C23H25N2O+. The second-order valence-corrected chi connectivity index (χ2v) is 6.71. The molecule has 0 aliphatic heterocycles. The van der Waals surface area contributed by atoms with Crippen LogP contribution in [0.4, 0.5) is 5.69 Å². The van der Waals surface area contributed by atoms with Crippen LogP contribution in [-0.4, -0.2) is 13.0 Å². The minimum absolute atomic E-state index is 0.00786. The van der Waals surface area contributed by atoms with E-state index in [-0.39, 0.29) is 11.9 Å². The topological polar surface area (TPSA) is 33.5 Å². The molecule has 3 nitrogen and oxygen atoms in total. The van der Waals surface area contributed by atoms with Crippen LogP contribution in [0.2, 0.25) is 0 Å². The second kappa shape index (κ2) is 8.45. The first-order chi connectivity index (χ1) is 12.6. The number of carbonyl (C=O) groups is 1. The molecule has 0 bridgehead atoms. The van der Waals surface area contributed by atoms with Crippen molar-refractivity contribution in [3.05, 3.63) is 102 Å². The van der Waals surface area contributed by atoms with E-state index in [4.69, 9.17) is 0 Å². The number of hydrogen-bond acceptors (Lipinski definition) is 1. The van der Waals surface area contributed by atoms with Gasteiger partial charge in [0.1, 0.15) is 6.54 Å². The number of nitrogens with one attached hydrogen (secondary N) is 2. The zero-order chi connectivity index (χ0) is 18.4. The Morgan fingerprint density at radius 1 is 0.885 bits per heavy atom. The Labute approximate surface area is 155 Å². The van der Waals surface area contributed by atoms with E-state index in [1.807, 2.05) is 79.7 Å². The van der Waals surface area contributed by atoms with Crippen LogP contribution in [0.15, 0.2) is 84.9 Å². The normalized spacial score (nSPS) is 13.0. The van der Waals surface area contributed by atoms with Crippen molar-refractivity contribution in [2.75, 3.05) is 12.4 Å². The first kappa shape index (κ1) is 17.9. The number of hydrogen-bond donors (Lipinski definition) is 2. The Kier molecular flexibility index (Phi) is 5.82. The van der Waals surface area contributed by atoms with Crippen molar-refractivity contribution in [2.24, 2.45) is 0 Å². The van der Waals surface area contributed by atoms with Gasteiger partial charge in [-0.15, -0.1) is 0 Å². The van der Waals surface area contributed by atoms with E-state index in [0.717, 1.165) is 22.7 Å². The van der Waals surface area contributed by atoms with E-state index >= 15 is 0 Å². The van der Waals surface area contributed by atoms with Gasteiger partial charge in [0.25, 0.3) is 5.91 Å². The predicted octanol–water partition coefficient (Wildman–Crippen LogP) is 3.39. The standard InChI is InChI=1S/C23H24N2O/c1-18-13-15-21(16-14-18)24-23(26)22(20-11-7-4-8-12-20)25(2)17-19-9-5-3-6-10-19/h3-16,22H,17H2,1-2H3,(H,24,26)/p+1/t22-/m0/s1. The molecule has 3 heteroatoms. The molecular weight excluding hydrogens is 320 g/mol. The molecule has 0 fully saturated rings. The van der Waals surface area contributed by atoms with Crippen molar-refractivity contribution >= 4 is 11.6 Å². The van der Waals surface area contributed by atoms with Gasteiger partial charge in [0, 0.05) is 16.8 Å². The van der Waals surface area contributed by atoms with Crippen molar-refractivity contribution in [2.45, 2.75) is 19.5 Å². The van der Waals surface area contributed by atoms with Crippen LogP contribution in [0.25, 0.3) is 0 Å². The molecule has 0 aliphatic carbocycles. The molecule has 1 amide bonds. The quantitative estimate of drug-likeness (QED) is 0.705. The van der Waals surface area contributed by atoms with Gasteiger partial charge in [-0.1, -0.05) is 78.4 Å². The van der Waals surface area contributed by atoms with E-state index in [0.29, 0.717) is 0 Å². The maximum Gasteiger partial charge on any atom is 0.287 e. The van der Waals surface area contributed by atoms with Crippen LogP contribution < -0.4 is 10.2 Å². The molecule has 0 saturated carbocycles. The maximum absolute atomic E-state index is 13.1. The first-order valence-corrected chi connectivity index (χ1v) is 8.92. The minimum atomic E-state index is -0.280. The van der Waals surface area contributed by atoms with Crippen LogP contribution >= 0.6 is 0 Å². The highest BCUT2D eigenvalue weighted by Gasteiger charge is 2.29. The third-order valence-electron chi connectivity index (χ3n) is 4.53. The third-order valence-corrected chi connectivity index (χ3v) is 4.53. The lowest BCUT2D eigenvalue weighted by Crippen LogP contribution is -3.09. The van der Waals surface area contributed by atoms with Crippen LogP contribution in [0.3, 0.4) is 0 Å². The van der Waals surface area contributed by atoms with Crippen LogP contribution in [0.1, 0.15) is 22.7 Å². The largest absolute Gasteiger partial charge is 0.321 e. The number of benzene rings is 3. The predicted molar refractivity (Wildman–Crippen MR) is 106 cm³/mol. The van der Waals surface area contributed by atoms with Crippen molar-refractivity contribution < 1.29 is 9.69 Å². The Morgan fingerprint density at radius 3 is 2.08 bits per heavy atom. The molecule has 0 radical (unpaired) electrons. The molecule has 132 valence electrons. The number of amides is 1. The molecule has 0 aliphatic rings.